The van der Waals surface area contributed by atoms with Gasteiger partial charge in [0.2, 0.25) is 0 Å². The number of amides is 1. The van der Waals surface area contributed by atoms with Crippen LogP contribution >= 0.6 is 0 Å². The van der Waals surface area contributed by atoms with Gasteiger partial charge in [-0.2, -0.15) is 0 Å². The number of aromatic amines is 1. The molecule has 0 aliphatic heterocycles. The molecule has 2 aromatic carbocycles. The summed E-state index contributed by atoms with van der Waals surface area (Å²) in [4.78, 5) is 26.2. The molecule has 0 aliphatic rings. The van der Waals surface area contributed by atoms with Crippen molar-refractivity contribution in [1.29, 1.82) is 0 Å². The van der Waals surface area contributed by atoms with E-state index in [-0.39, 0.29) is 18.1 Å². The van der Waals surface area contributed by atoms with E-state index in [2.05, 4.69) is 10.3 Å². The number of H-pyrrole nitrogens is 1. The Labute approximate surface area is 132 Å². The van der Waals surface area contributed by atoms with Gasteiger partial charge in [0.15, 0.2) is 6.61 Å². The van der Waals surface area contributed by atoms with E-state index in [0.717, 1.165) is 5.56 Å². The maximum atomic E-state index is 11.9. The number of rotatable bonds is 5. The van der Waals surface area contributed by atoms with Crippen molar-refractivity contribution >= 4 is 16.7 Å². The number of pyridine rings is 1. The summed E-state index contributed by atoms with van der Waals surface area (Å²) < 4.78 is 5.56. The van der Waals surface area contributed by atoms with Gasteiger partial charge in [-0.1, -0.05) is 36.4 Å². The average Bonchev–Trinajstić information content (AvgIpc) is 2.59. The second kappa shape index (κ2) is 6.79. The van der Waals surface area contributed by atoms with E-state index in [9.17, 15) is 9.59 Å². The Hall–Kier alpha value is -3.08. The Morgan fingerprint density at radius 2 is 1.83 bits per heavy atom. The quantitative estimate of drug-likeness (QED) is 0.759. The van der Waals surface area contributed by atoms with Crippen LogP contribution in [0.1, 0.15) is 5.56 Å². The minimum absolute atomic E-state index is 0.0985. The smallest absolute Gasteiger partial charge is 0.258 e. The summed E-state index contributed by atoms with van der Waals surface area (Å²) >= 11 is 0. The molecule has 0 fully saturated rings. The highest BCUT2D eigenvalue weighted by Crippen LogP contribution is 2.22. The van der Waals surface area contributed by atoms with Crippen LogP contribution in [0.4, 0.5) is 0 Å². The number of hydrogen-bond acceptors (Lipinski definition) is 3. The van der Waals surface area contributed by atoms with Crippen LogP contribution < -0.4 is 15.6 Å². The lowest BCUT2D eigenvalue weighted by atomic mass is 10.1. The molecule has 1 heterocycles. The minimum Gasteiger partial charge on any atom is -0.483 e. The Bertz CT molecular complexity index is 872. The van der Waals surface area contributed by atoms with E-state index >= 15 is 0 Å². The molecule has 116 valence electrons. The molecule has 0 saturated heterocycles. The Kier molecular flexibility index (Phi) is 4.38. The number of hydrogen-bond donors (Lipinski definition) is 2. The summed E-state index contributed by atoms with van der Waals surface area (Å²) in [5, 5.41) is 4.02. The van der Waals surface area contributed by atoms with Gasteiger partial charge in [0, 0.05) is 18.1 Å². The maximum Gasteiger partial charge on any atom is 0.258 e. The number of nitrogens with one attached hydrogen (secondary N) is 2. The second-order valence-electron chi connectivity index (χ2n) is 5.08. The molecule has 3 rings (SSSR count). The summed E-state index contributed by atoms with van der Waals surface area (Å²) in [5.41, 5.74) is 0.846. The van der Waals surface area contributed by atoms with Gasteiger partial charge in [0.1, 0.15) is 5.75 Å². The number of fused-ring (bicyclic) bond motifs is 1. The first-order valence-corrected chi connectivity index (χ1v) is 7.28. The van der Waals surface area contributed by atoms with Gasteiger partial charge in [-0.25, -0.2) is 0 Å². The van der Waals surface area contributed by atoms with Gasteiger partial charge in [-0.05, 0) is 23.8 Å². The van der Waals surface area contributed by atoms with Crippen molar-refractivity contribution in [3.63, 3.8) is 0 Å². The van der Waals surface area contributed by atoms with Crippen molar-refractivity contribution < 1.29 is 9.53 Å². The average molecular weight is 308 g/mol. The standard InChI is InChI=1S/C18H16N2O3/c21-17(20-11-13-5-2-1-3-6-13)12-23-16-8-4-7-15-14(16)9-10-19-18(15)22/h1-10H,11-12H2,(H,19,22)(H,20,21). The van der Waals surface area contributed by atoms with Crippen molar-refractivity contribution in [2.45, 2.75) is 6.54 Å². The summed E-state index contributed by atoms with van der Waals surface area (Å²) in [6.45, 7) is 0.358. The number of aromatic nitrogens is 1. The second-order valence-corrected chi connectivity index (χ2v) is 5.08. The SMILES string of the molecule is O=C(COc1cccc2c(=O)[nH]ccc12)NCc1ccccc1. The molecule has 1 aromatic heterocycles. The molecule has 1 amide bonds. The number of ether oxygens (including phenoxy) is 1. The summed E-state index contributed by atoms with van der Waals surface area (Å²) in [6, 6.07) is 16.6. The van der Waals surface area contributed by atoms with Gasteiger partial charge >= 0.3 is 0 Å². The Morgan fingerprint density at radius 3 is 2.65 bits per heavy atom. The van der Waals surface area contributed by atoms with Crippen molar-refractivity contribution in [3.8, 4) is 5.75 Å². The fourth-order valence-electron chi connectivity index (χ4n) is 2.31. The fourth-order valence-corrected chi connectivity index (χ4v) is 2.31. The summed E-state index contributed by atoms with van der Waals surface area (Å²) in [5.74, 6) is 0.305. The van der Waals surface area contributed by atoms with Crippen molar-refractivity contribution in [2.75, 3.05) is 6.61 Å². The predicted molar refractivity (Wildman–Crippen MR) is 88.4 cm³/mol. The van der Waals surface area contributed by atoms with Crippen LogP contribution in [0.5, 0.6) is 5.75 Å². The molecular formula is C18H16N2O3. The third-order valence-corrected chi connectivity index (χ3v) is 3.47. The molecule has 0 radical (unpaired) electrons. The topological polar surface area (TPSA) is 71.2 Å². The first-order chi connectivity index (χ1) is 11.2. The minimum atomic E-state index is -0.212. The predicted octanol–water partition coefficient (Wildman–Crippen LogP) is 2.22. The normalized spacial score (nSPS) is 10.4. The lowest BCUT2D eigenvalue weighted by molar-refractivity contribution is -0.123. The van der Waals surface area contributed by atoms with Crippen LogP contribution in [0.15, 0.2) is 65.6 Å². The van der Waals surface area contributed by atoms with Gasteiger partial charge < -0.3 is 15.0 Å². The zero-order chi connectivity index (χ0) is 16.1. The largest absolute Gasteiger partial charge is 0.483 e. The molecule has 0 saturated carbocycles. The van der Waals surface area contributed by atoms with Crippen molar-refractivity contribution in [1.82, 2.24) is 10.3 Å². The zero-order valence-corrected chi connectivity index (χ0v) is 12.4. The summed E-state index contributed by atoms with van der Waals surface area (Å²) in [7, 11) is 0. The van der Waals surface area contributed by atoms with Crippen LogP contribution in [0, 0.1) is 0 Å². The van der Waals surface area contributed by atoms with Crippen LogP contribution in [-0.4, -0.2) is 17.5 Å². The molecule has 2 N–H and O–H groups in total. The molecule has 0 bridgehead atoms. The number of carbonyl (C=O) groups excluding carboxylic acids is 1. The van der Waals surface area contributed by atoms with Gasteiger partial charge in [0.25, 0.3) is 11.5 Å². The molecular weight excluding hydrogens is 292 g/mol. The van der Waals surface area contributed by atoms with Gasteiger partial charge in [-0.3, -0.25) is 9.59 Å². The van der Waals surface area contributed by atoms with E-state index in [0.29, 0.717) is 23.1 Å². The van der Waals surface area contributed by atoms with E-state index in [1.807, 2.05) is 30.3 Å². The molecule has 0 spiro atoms. The highest BCUT2D eigenvalue weighted by Gasteiger charge is 2.07. The molecule has 23 heavy (non-hydrogen) atoms. The highest BCUT2D eigenvalue weighted by molar-refractivity contribution is 5.87. The maximum absolute atomic E-state index is 11.9. The highest BCUT2D eigenvalue weighted by atomic mass is 16.5. The Balaban J connectivity index is 1.63. The molecule has 3 aromatic rings. The van der Waals surface area contributed by atoms with Crippen LogP contribution in [0.25, 0.3) is 10.8 Å². The van der Waals surface area contributed by atoms with Crippen molar-refractivity contribution in [2.24, 2.45) is 0 Å². The first-order valence-electron chi connectivity index (χ1n) is 7.28. The van der Waals surface area contributed by atoms with E-state index in [1.54, 1.807) is 30.5 Å². The molecule has 0 atom stereocenters. The molecule has 0 unspecified atom stereocenters. The van der Waals surface area contributed by atoms with Crippen LogP contribution in [0.3, 0.4) is 0 Å². The first kappa shape index (κ1) is 14.8. The fraction of sp³-hybridized carbons (Fsp3) is 0.111. The third-order valence-electron chi connectivity index (χ3n) is 3.47. The zero-order valence-electron chi connectivity index (χ0n) is 12.4. The van der Waals surface area contributed by atoms with Crippen LogP contribution in [-0.2, 0) is 11.3 Å². The molecule has 5 nitrogen and oxygen atoms in total. The van der Waals surface area contributed by atoms with Gasteiger partial charge in [0.05, 0.1) is 5.39 Å². The monoisotopic (exact) mass is 308 g/mol. The molecule has 5 heteroatoms. The van der Waals surface area contributed by atoms with Crippen molar-refractivity contribution in [3.05, 3.63) is 76.7 Å². The van der Waals surface area contributed by atoms with Crippen LogP contribution in [0.2, 0.25) is 0 Å². The Morgan fingerprint density at radius 1 is 1.00 bits per heavy atom. The number of carbonyl (C=O) groups is 1. The molecule has 0 aliphatic carbocycles. The van der Waals surface area contributed by atoms with E-state index in [1.165, 1.54) is 0 Å². The summed E-state index contributed by atoms with van der Waals surface area (Å²) in [6.07, 6.45) is 1.56. The van der Waals surface area contributed by atoms with Gasteiger partial charge in [-0.15, -0.1) is 0 Å². The third kappa shape index (κ3) is 3.58. The number of benzene rings is 2. The van der Waals surface area contributed by atoms with E-state index in [4.69, 9.17) is 4.74 Å². The lowest BCUT2D eigenvalue weighted by Gasteiger charge is -2.09. The lowest BCUT2D eigenvalue weighted by Crippen LogP contribution is -2.28. The van der Waals surface area contributed by atoms with E-state index < -0.39 is 0 Å².